The van der Waals surface area contributed by atoms with Crippen molar-refractivity contribution in [2.75, 3.05) is 0 Å². The van der Waals surface area contributed by atoms with Crippen LogP contribution >= 0.6 is 0 Å². The fourth-order valence-electron chi connectivity index (χ4n) is 3.03. The molecule has 1 fully saturated rings. The lowest BCUT2D eigenvalue weighted by Gasteiger charge is -2.19. The lowest BCUT2D eigenvalue weighted by atomic mass is 9.98. The van der Waals surface area contributed by atoms with E-state index in [2.05, 4.69) is 35.7 Å². The summed E-state index contributed by atoms with van der Waals surface area (Å²) < 4.78 is 0. The molecule has 2 aromatic rings. The van der Waals surface area contributed by atoms with Crippen LogP contribution in [0, 0.1) is 11.3 Å². The van der Waals surface area contributed by atoms with E-state index in [-0.39, 0.29) is 6.04 Å². The molecule has 2 heteroatoms. The molecule has 0 bridgehead atoms. The predicted molar refractivity (Wildman–Crippen MR) is 77.7 cm³/mol. The minimum Gasteiger partial charge on any atom is -0.295 e. The molecular weight excluding hydrogens is 232 g/mol. The van der Waals surface area contributed by atoms with E-state index >= 15 is 0 Å². The van der Waals surface area contributed by atoms with Gasteiger partial charge in [0.05, 0.1) is 6.07 Å². The summed E-state index contributed by atoms with van der Waals surface area (Å²) in [6.45, 7) is 0. The average Bonchev–Trinajstić information content (AvgIpc) is 2.97. The standard InChI is InChI=1S/C17H18N2/c18-12-17(19-14-8-2-3-9-14)16-11-5-7-13-6-1-4-10-15(13)16/h1,4-7,10-11,14,17,19H,2-3,8-9H2. The Balaban J connectivity index is 1.94. The molecule has 0 aliphatic heterocycles. The van der Waals surface area contributed by atoms with E-state index < -0.39 is 0 Å². The molecule has 1 unspecified atom stereocenters. The third-order valence-corrected chi connectivity index (χ3v) is 4.02. The molecule has 0 radical (unpaired) electrons. The van der Waals surface area contributed by atoms with Crippen LogP contribution in [-0.4, -0.2) is 6.04 Å². The number of hydrogen-bond donors (Lipinski definition) is 1. The molecule has 1 atom stereocenters. The summed E-state index contributed by atoms with van der Waals surface area (Å²) >= 11 is 0. The monoisotopic (exact) mass is 250 g/mol. The van der Waals surface area contributed by atoms with Gasteiger partial charge < -0.3 is 0 Å². The van der Waals surface area contributed by atoms with E-state index in [1.807, 2.05) is 18.2 Å². The number of benzene rings is 2. The molecule has 0 aromatic heterocycles. The van der Waals surface area contributed by atoms with Crippen molar-refractivity contribution >= 4 is 10.8 Å². The molecule has 1 N–H and O–H groups in total. The molecule has 3 rings (SSSR count). The van der Waals surface area contributed by atoms with Crippen LogP contribution in [0.5, 0.6) is 0 Å². The molecule has 96 valence electrons. The molecule has 2 nitrogen and oxygen atoms in total. The van der Waals surface area contributed by atoms with Gasteiger partial charge in [-0.15, -0.1) is 0 Å². The number of hydrogen-bond acceptors (Lipinski definition) is 2. The lowest BCUT2D eigenvalue weighted by Crippen LogP contribution is -2.29. The minimum absolute atomic E-state index is 0.200. The van der Waals surface area contributed by atoms with Crippen molar-refractivity contribution in [3.63, 3.8) is 0 Å². The maximum atomic E-state index is 9.49. The van der Waals surface area contributed by atoms with Crippen LogP contribution in [-0.2, 0) is 0 Å². The molecule has 1 aliphatic rings. The first-order valence-electron chi connectivity index (χ1n) is 7.02. The van der Waals surface area contributed by atoms with Crippen molar-refractivity contribution < 1.29 is 0 Å². The fourth-order valence-corrected chi connectivity index (χ4v) is 3.03. The normalized spacial score (nSPS) is 17.4. The summed E-state index contributed by atoms with van der Waals surface area (Å²) in [6.07, 6.45) is 4.96. The Morgan fingerprint density at radius 1 is 1.05 bits per heavy atom. The number of nitrogens with one attached hydrogen (secondary N) is 1. The first-order valence-corrected chi connectivity index (χ1v) is 7.02. The summed E-state index contributed by atoms with van der Waals surface area (Å²) in [5.74, 6) is 0. The van der Waals surface area contributed by atoms with Gasteiger partial charge in [0.15, 0.2) is 0 Å². The average molecular weight is 250 g/mol. The second-order valence-electron chi connectivity index (χ2n) is 5.28. The summed E-state index contributed by atoms with van der Waals surface area (Å²) in [5, 5.41) is 15.4. The highest BCUT2D eigenvalue weighted by Gasteiger charge is 2.20. The summed E-state index contributed by atoms with van der Waals surface area (Å²) in [5.41, 5.74) is 1.10. The third-order valence-electron chi connectivity index (χ3n) is 4.02. The van der Waals surface area contributed by atoms with Crippen LogP contribution in [0.3, 0.4) is 0 Å². The van der Waals surface area contributed by atoms with Crippen molar-refractivity contribution in [3.8, 4) is 6.07 Å². The topological polar surface area (TPSA) is 35.8 Å². The highest BCUT2D eigenvalue weighted by Crippen LogP contribution is 2.26. The quantitative estimate of drug-likeness (QED) is 0.895. The third kappa shape index (κ3) is 2.47. The molecule has 19 heavy (non-hydrogen) atoms. The zero-order valence-electron chi connectivity index (χ0n) is 11.0. The summed E-state index contributed by atoms with van der Waals surface area (Å²) in [7, 11) is 0. The molecule has 1 aliphatic carbocycles. The smallest absolute Gasteiger partial charge is 0.122 e. The lowest BCUT2D eigenvalue weighted by molar-refractivity contribution is 0.494. The maximum Gasteiger partial charge on any atom is 0.122 e. The minimum atomic E-state index is -0.200. The molecule has 1 saturated carbocycles. The summed E-state index contributed by atoms with van der Waals surface area (Å²) in [6, 6.07) is 17.2. The maximum absolute atomic E-state index is 9.49. The van der Waals surface area contributed by atoms with Gasteiger partial charge in [0, 0.05) is 6.04 Å². The Labute approximate surface area is 114 Å². The Morgan fingerprint density at radius 3 is 2.58 bits per heavy atom. The zero-order chi connectivity index (χ0) is 13.1. The highest BCUT2D eigenvalue weighted by atomic mass is 15.0. The second kappa shape index (κ2) is 5.42. The van der Waals surface area contributed by atoms with E-state index in [4.69, 9.17) is 0 Å². The first kappa shape index (κ1) is 12.2. The van der Waals surface area contributed by atoms with Crippen molar-refractivity contribution in [1.29, 1.82) is 5.26 Å². The molecule has 0 heterocycles. The molecule has 2 aromatic carbocycles. The van der Waals surface area contributed by atoms with Gasteiger partial charge in [0.2, 0.25) is 0 Å². The van der Waals surface area contributed by atoms with Crippen molar-refractivity contribution in [3.05, 3.63) is 48.0 Å². The van der Waals surface area contributed by atoms with Gasteiger partial charge in [-0.2, -0.15) is 5.26 Å². The second-order valence-corrected chi connectivity index (χ2v) is 5.28. The van der Waals surface area contributed by atoms with Crippen molar-refractivity contribution in [1.82, 2.24) is 5.32 Å². The number of rotatable bonds is 3. The van der Waals surface area contributed by atoms with Gasteiger partial charge in [0.1, 0.15) is 6.04 Å². The molecule has 0 amide bonds. The van der Waals surface area contributed by atoms with E-state index in [0.29, 0.717) is 6.04 Å². The van der Waals surface area contributed by atoms with Crippen LogP contribution in [0.2, 0.25) is 0 Å². The summed E-state index contributed by atoms with van der Waals surface area (Å²) in [4.78, 5) is 0. The predicted octanol–water partition coefficient (Wildman–Crippen LogP) is 3.94. The van der Waals surface area contributed by atoms with Crippen LogP contribution < -0.4 is 5.32 Å². The van der Waals surface area contributed by atoms with E-state index in [9.17, 15) is 5.26 Å². The molecule has 0 spiro atoms. The number of nitriles is 1. The molecular formula is C17H18N2. The van der Waals surface area contributed by atoms with Crippen LogP contribution in [0.1, 0.15) is 37.3 Å². The van der Waals surface area contributed by atoms with Crippen molar-refractivity contribution in [2.45, 2.75) is 37.8 Å². The Kier molecular flexibility index (Phi) is 3.48. The number of nitrogens with zero attached hydrogens (tertiary/aromatic N) is 1. The van der Waals surface area contributed by atoms with Gasteiger partial charge in [-0.05, 0) is 29.2 Å². The van der Waals surface area contributed by atoms with Gasteiger partial charge in [-0.1, -0.05) is 55.3 Å². The fraction of sp³-hybridized carbons (Fsp3) is 0.353. The SMILES string of the molecule is N#CC(NC1CCCC1)c1cccc2ccccc12. The zero-order valence-corrected chi connectivity index (χ0v) is 11.0. The van der Waals surface area contributed by atoms with E-state index in [0.717, 1.165) is 5.56 Å². The van der Waals surface area contributed by atoms with Crippen LogP contribution in [0.25, 0.3) is 10.8 Å². The highest BCUT2D eigenvalue weighted by molar-refractivity contribution is 5.86. The van der Waals surface area contributed by atoms with Gasteiger partial charge in [-0.25, -0.2) is 0 Å². The van der Waals surface area contributed by atoms with Crippen LogP contribution in [0.4, 0.5) is 0 Å². The van der Waals surface area contributed by atoms with E-state index in [1.54, 1.807) is 0 Å². The Bertz CT molecular complexity index is 601. The van der Waals surface area contributed by atoms with E-state index in [1.165, 1.54) is 36.5 Å². The van der Waals surface area contributed by atoms with Crippen molar-refractivity contribution in [2.24, 2.45) is 0 Å². The number of fused-ring (bicyclic) bond motifs is 1. The van der Waals surface area contributed by atoms with Crippen LogP contribution in [0.15, 0.2) is 42.5 Å². The van der Waals surface area contributed by atoms with Gasteiger partial charge in [-0.3, -0.25) is 5.32 Å². The first-order chi connectivity index (χ1) is 9.38. The van der Waals surface area contributed by atoms with Gasteiger partial charge in [0.25, 0.3) is 0 Å². The largest absolute Gasteiger partial charge is 0.295 e. The molecule has 0 saturated heterocycles. The Hall–Kier alpha value is -1.85. The Morgan fingerprint density at radius 2 is 1.79 bits per heavy atom. The van der Waals surface area contributed by atoms with Gasteiger partial charge >= 0.3 is 0 Å².